The van der Waals surface area contributed by atoms with Crippen LogP contribution in [0.1, 0.15) is 11.4 Å². The fourth-order valence-electron chi connectivity index (χ4n) is 2.22. The lowest BCUT2D eigenvalue weighted by Gasteiger charge is -2.07. The molecule has 5 heteroatoms. The Morgan fingerprint density at radius 3 is 2.52 bits per heavy atom. The first-order valence-corrected chi connectivity index (χ1v) is 7.03. The maximum atomic E-state index is 9.80. The van der Waals surface area contributed by atoms with E-state index in [9.17, 15) is 5.11 Å². The minimum atomic E-state index is 0.315. The molecule has 0 atom stereocenters. The first-order valence-electron chi connectivity index (χ1n) is 6.66. The molecule has 0 radical (unpaired) electrons. The summed E-state index contributed by atoms with van der Waals surface area (Å²) in [4.78, 5) is 0. The van der Waals surface area contributed by atoms with E-state index in [-0.39, 0.29) is 0 Å². The molecule has 0 aliphatic carbocycles. The van der Waals surface area contributed by atoms with Crippen LogP contribution in [0.25, 0.3) is 5.69 Å². The summed E-state index contributed by atoms with van der Waals surface area (Å²) in [6.07, 6.45) is 3.09. The van der Waals surface area contributed by atoms with E-state index in [1.54, 1.807) is 12.4 Å². The van der Waals surface area contributed by atoms with Gasteiger partial charge in [0, 0.05) is 17.1 Å². The van der Waals surface area contributed by atoms with Crippen molar-refractivity contribution in [2.45, 2.75) is 12.8 Å². The van der Waals surface area contributed by atoms with Gasteiger partial charge in [-0.25, -0.2) is 0 Å². The highest BCUT2D eigenvalue weighted by Crippen LogP contribution is 2.19. The molecule has 0 aliphatic heterocycles. The van der Waals surface area contributed by atoms with Gasteiger partial charge in [0.25, 0.3) is 0 Å². The number of aromatic nitrogens is 3. The molecule has 0 spiro atoms. The first-order chi connectivity index (χ1) is 10.2. The highest BCUT2D eigenvalue weighted by molar-refractivity contribution is 6.30. The zero-order chi connectivity index (χ0) is 14.7. The number of phenols is 1. The first kappa shape index (κ1) is 13.6. The lowest BCUT2D eigenvalue weighted by atomic mass is 10.1. The van der Waals surface area contributed by atoms with E-state index in [1.807, 2.05) is 47.0 Å². The molecular formula is C16H14ClN3O. The smallest absolute Gasteiger partial charge is 0.137 e. The molecule has 0 bridgehead atoms. The van der Waals surface area contributed by atoms with Crippen molar-refractivity contribution in [2.24, 2.45) is 0 Å². The molecule has 4 nitrogen and oxygen atoms in total. The predicted octanol–water partition coefficient (Wildman–Crippen LogP) is 3.41. The van der Waals surface area contributed by atoms with Gasteiger partial charge in [0.1, 0.15) is 17.9 Å². The Balaban J connectivity index is 1.80. The van der Waals surface area contributed by atoms with Gasteiger partial charge >= 0.3 is 0 Å². The number of halogens is 1. The summed E-state index contributed by atoms with van der Waals surface area (Å²) in [6, 6.07) is 14.9. The maximum Gasteiger partial charge on any atom is 0.137 e. The summed E-state index contributed by atoms with van der Waals surface area (Å²) in [5, 5.41) is 18.6. The number of aryl methyl sites for hydroxylation is 2. The van der Waals surface area contributed by atoms with Gasteiger partial charge in [-0.05, 0) is 42.3 Å². The van der Waals surface area contributed by atoms with Crippen LogP contribution in [0, 0.1) is 0 Å². The van der Waals surface area contributed by atoms with Gasteiger partial charge in [0.2, 0.25) is 0 Å². The van der Waals surface area contributed by atoms with Crippen molar-refractivity contribution in [3.05, 3.63) is 71.3 Å². The van der Waals surface area contributed by atoms with Crippen molar-refractivity contribution in [2.75, 3.05) is 0 Å². The fraction of sp³-hybridized carbons (Fsp3) is 0.125. The molecule has 0 saturated carbocycles. The zero-order valence-electron chi connectivity index (χ0n) is 11.3. The minimum absolute atomic E-state index is 0.315. The molecule has 0 unspecified atom stereocenters. The number of para-hydroxylation sites is 1. The highest BCUT2D eigenvalue weighted by Gasteiger charge is 2.08. The Labute approximate surface area is 127 Å². The van der Waals surface area contributed by atoms with Gasteiger partial charge in [-0.3, -0.25) is 4.57 Å². The van der Waals surface area contributed by atoms with Crippen LogP contribution in [0.15, 0.2) is 54.9 Å². The Bertz CT molecular complexity index is 737. The standard InChI is InChI=1S/C16H14ClN3O/c17-13-6-8-14(9-7-13)20-11-18-19-16(20)10-5-12-3-1-2-4-15(12)21/h1-4,6-9,11,21H,5,10H2. The highest BCUT2D eigenvalue weighted by atomic mass is 35.5. The van der Waals surface area contributed by atoms with Gasteiger partial charge in [-0.15, -0.1) is 10.2 Å². The summed E-state index contributed by atoms with van der Waals surface area (Å²) >= 11 is 5.90. The molecule has 0 saturated heterocycles. The van der Waals surface area contributed by atoms with Gasteiger partial charge in [-0.1, -0.05) is 29.8 Å². The summed E-state index contributed by atoms with van der Waals surface area (Å²) in [5.41, 5.74) is 1.87. The minimum Gasteiger partial charge on any atom is -0.508 e. The Kier molecular flexibility index (Phi) is 3.88. The Hall–Kier alpha value is -2.33. The average Bonchev–Trinajstić information content (AvgIpc) is 2.96. The van der Waals surface area contributed by atoms with E-state index in [4.69, 9.17) is 11.6 Å². The normalized spacial score (nSPS) is 10.7. The van der Waals surface area contributed by atoms with Gasteiger partial charge in [-0.2, -0.15) is 0 Å². The molecule has 21 heavy (non-hydrogen) atoms. The third-order valence-electron chi connectivity index (χ3n) is 3.33. The summed E-state index contributed by atoms with van der Waals surface area (Å²) in [6.45, 7) is 0. The molecule has 3 rings (SSSR count). The van der Waals surface area contributed by atoms with Gasteiger partial charge in [0.05, 0.1) is 0 Å². The van der Waals surface area contributed by atoms with E-state index >= 15 is 0 Å². The molecular weight excluding hydrogens is 286 g/mol. The monoisotopic (exact) mass is 299 g/mol. The van der Waals surface area contributed by atoms with Crippen molar-refractivity contribution in [1.29, 1.82) is 0 Å². The molecule has 0 aliphatic rings. The van der Waals surface area contributed by atoms with Crippen molar-refractivity contribution < 1.29 is 5.11 Å². The summed E-state index contributed by atoms with van der Waals surface area (Å²) < 4.78 is 1.93. The maximum absolute atomic E-state index is 9.80. The molecule has 1 aromatic heterocycles. The number of hydrogen-bond acceptors (Lipinski definition) is 3. The Morgan fingerprint density at radius 1 is 1.00 bits per heavy atom. The van der Waals surface area contributed by atoms with Crippen molar-refractivity contribution in [3.8, 4) is 11.4 Å². The second-order valence-electron chi connectivity index (χ2n) is 4.72. The molecule has 0 amide bonds. The number of nitrogens with zero attached hydrogens (tertiary/aromatic N) is 3. The van der Waals surface area contributed by atoms with E-state index in [0.717, 1.165) is 17.1 Å². The molecule has 1 heterocycles. The van der Waals surface area contributed by atoms with Gasteiger partial charge in [0.15, 0.2) is 0 Å². The summed E-state index contributed by atoms with van der Waals surface area (Å²) in [7, 11) is 0. The van der Waals surface area contributed by atoms with Crippen LogP contribution in [0.2, 0.25) is 5.02 Å². The molecule has 0 fully saturated rings. The van der Waals surface area contributed by atoms with Crippen LogP contribution in [0.4, 0.5) is 0 Å². The van der Waals surface area contributed by atoms with E-state index in [2.05, 4.69) is 10.2 Å². The largest absolute Gasteiger partial charge is 0.508 e. The lowest BCUT2D eigenvalue weighted by molar-refractivity contribution is 0.467. The van der Waals surface area contributed by atoms with Crippen LogP contribution >= 0.6 is 11.6 Å². The third kappa shape index (κ3) is 3.06. The number of hydrogen-bond donors (Lipinski definition) is 1. The van der Waals surface area contributed by atoms with Crippen LogP contribution < -0.4 is 0 Å². The third-order valence-corrected chi connectivity index (χ3v) is 3.58. The predicted molar refractivity (Wildman–Crippen MR) is 81.9 cm³/mol. The topological polar surface area (TPSA) is 50.9 Å². The molecule has 3 aromatic rings. The van der Waals surface area contributed by atoms with Crippen LogP contribution in [0.5, 0.6) is 5.75 Å². The van der Waals surface area contributed by atoms with Crippen molar-refractivity contribution in [3.63, 3.8) is 0 Å². The van der Waals surface area contributed by atoms with Crippen LogP contribution in [-0.4, -0.2) is 19.9 Å². The number of rotatable bonds is 4. The van der Waals surface area contributed by atoms with Crippen molar-refractivity contribution in [1.82, 2.24) is 14.8 Å². The quantitative estimate of drug-likeness (QED) is 0.803. The van der Waals surface area contributed by atoms with Crippen LogP contribution in [0.3, 0.4) is 0 Å². The molecule has 106 valence electrons. The Morgan fingerprint density at radius 2 is 1.76 bits per heavy atom. The van der Waals surface area contributed by atoms with E-state index < -0.39 is 0 Å². The fourth-order valence-corrected chi connectivity index (χ4v) is 2.34. The molecule has 2 aromatic carbocycles. The van der Waals surface area contributed by atoms with E-state index in [1.165, 1.54) is 0 Å². The van der Waals surface area contributed by atoms with Crippen LogP contribution in [-0.2, 0) is 12.8 Å². The molecule has 1 N–H and O–H groups in total. The second kappa shape index (κ2) is 5.97. The zero-order valence-corrected chi connectivity index (χ0v) is 12.0. The van der Waals surface area contributed by atoms with Gasteiger partial charge < -0.3 is 5.11 Å². The summed E-state index contributed by atoms with van der Waals surface area (Å²) in [5.74, 6) is 1.16. The number of phenolic OH excluding ortho intramolecular Hbond substituents is 1. The van der Waals surface area contributed by atoms with E-state index in [0.29, 0.717) is 23.6 Å². The lowest BCUT2D eigenvalue weighted by Crippen LogP contribution is -2.02. The number of aromatic hydroxyl groups is 1. The average molecular weight is 300 g/mol. The number of benzene rings is 2. The SMILES string of the molecule is Oc1ccccc1CCc1nncn1-c1ccc(Cl)cc1. The second-order valence-corrected chi connectivity index (χ2v) is 5.16. The van der Waals surface area contributed by atoms with Crippen molar-refractivity contribution >= 4 is 11.6 Å².